The molecule has 0 aliphatic carbocycles. The molecular formula is C15H21ClN2O. The molecule has 0 bridgehead atoms. The predicted octanol–water partition coefficient (Wildman–Crippen LogP) is 3.60. The fourth-order valence-electron chi connectivity index (χ4n) is 1.92. The Morgan fingerprint density at radius 1 is 1.32 bits per heavy atom. The fourth-order valence-corrected chi connectivity index (χ4v) is 2.12. The van der Waals surface area contributed by atoms with Crippen LogP contribution in [-0.2, 0) is 6.42 Å². The molecule has 104 valence electrons. The maximum Gasteiger partial charge on any atom is 0.134 e. The third-order valence-corrected chi connectivity index (χ3v) is 3.40. The summed E-state index contributed by atoms with van der Waals surface area (Å²) in [6.07, 6.45) is 3.77. The van der Waals surface area contributed by atoms with E-state index in [0.29, 0.717) is 11.4 Å². The molecular weight excluding hydrogens is 260 g/mol. The summed E-state index contributed by atoms with van der Waals surface area (Å²) in [5.41, 5.74) is 1.11. The third kappa shape index (κ3) is 5.96. The summed E-state index contributed by atoms with van der Waals surface area (Å²) >= 11 is 5.89. The highest BCUT2D eigenvalue weighted by Gasteiger charge is 2.06. The molecule has 4 heteroatoms. The van der Waals surface area contributed by atoms with E-state index in [9.17, 15) is 5.11 Å². The van der Waals surface area contributed by atoms with Crippen molar-refractivity contribution in [3.8, 4) is 11.8 Å². The zero-order valence-corrected chi connectivity index (χ0v) is 12.2. The molecule has 0 unspecified atom stereocenters. The molecule has 1 aromatic carbocycles. The molecule has 0 spiro atoms. The van der Waals surface area contributed by atoms with Gasteiger partial charge in [-0.1, -0.05) is 31.0 Å². The molecule has 1 aromatic rings. The summed E-state index contributed by atoms with van der Waals surface area (Å²) in [6, 6.07) is 7.52. The second-order valence-electron chi connectivity index (χ2n) is 4.64. The number of halogens is 1. The Labute approximate surface area is 120 Å². The molecule has 0 atom stereocenters. The lowest BCUT2D eigenvalue weighted by atomic mass is 10.1. The number of rotatable bonds is 8. The van der Waals surface area contributed by atoms with Crippen LogP contribution in [0.2, 0.25) is 5.02 Å². The number of phenolic OH excluding ortho intramolecular Hbond substituents is 1. The van der Waals surface area contributed by atoms with Crippen LogP contribution in [0.3, 0.4) is 0 Å². The highest BCUT2D eigenvalue weighted by Crippen LogP contribution is 2.23. The minimum absolute atomic E-state index is 0.123. The normalized spacial score (nSPS) is 10.6. The van der Waals surface area contributed by atoms with Gasteiger partial charge >= 0.3 is 0 Å². The number of aromatic hydroxyl groups is 1. The van der Waals surface area contributed by atoms with Crippen LogP contribution in [-0.4, -0.2) is 29.6 Å². The van der Waals surface area contributed by atoms with Crippen molar-refractivity contribution in [3.63, 3.8) is 0 Å². The van der Waals surface area contributed by atoms with E-state index in [1.165, 1.54) is 0 Å². The van der Waals surface area contributed by atoms with E-state index in [4.69, 9.17) is 16.9 Å². The van der Waals surface area contributed by atoms with E-state index >= 15 is 0 Å². The molecule has 0 aliphatic heterocycles. The van der Waals surface area contributed by atoms with Gasteiger partial charge in [-0.25, -0.2) is 0 Å². The van der Waals surface area contributed by atoms with Crippen LogP contribution in [0.4, 0.5) is 0 Å². The van der Waals surface area contributed by atoms with Gasteiger partial charge in [0, 0.05) is 19.5 Å². The lowest BCUT2D eigenvalue weighted by Gasteiger charge is -2.20. The van der Waals surface area contributed by atoms with Crippen LogP contribution in [0, 0.1) is 11.3 Å². The van der Waals surface area contributed by atoms with Crippen LogP contribution in [0.5, 0.6) is 5.75 Å². The Balaban J connectivity index is 2.49. The Morgan fingerprint density at radius 2 is 2.11 bits per heavy atom. The van der Waals surface area contributed by atoms with E-state index in [2.05, 4.69) is 17.9 Å². The summed E-state index contributed by atoms with van der Waals surface area (Å²) in [4.78, 5) is 2.31. The average molecular weight is 281 g/mol. The lowest BCUT2D eigenvalue weighted by Crippen LogP contribution is -2.28. The second kappa shape index (κ2) is 8.79. The summed E-state index contributed by atoms with van der Waals surface area (Å²) in [6.45, 7) is 4.94. The van der Waals surface area contributed by atoms with Crippen LogP contribution < -0.4 is 0 Å². The predicted molar refractivity (Wildman–Crippen MR) is 78.4 cm³/mol. The van der Waals surface area contributed by atoms with Gasteiger partial charge < -0.3 is 10.0 Å². The molecule has 0 heterocycles. The lowest BCUT2D eigenvalue weighted by molar-refractivity contribution is 0.278. The Hall–Kier alpha value is -1.24. The van der Waals surface area contributed by atoms with Gasteiger partial charge in [-0.3, -0.25) is 0 Å². The number of hydrogen-bond acceptors (Lipinski definition) is 3. The van der Waals surface area contributed by atoms with Crippen molar-refractivity contribution in [1.82, 2.24) is 4.90 Å². The van der Waals surface area contributed by atoms with Gasteiger partial charge in [0.2, 0.25) is 0 Å². The average Bonchev–Trinajstić information content (AvgIpc) is 2.41. The Bertz CT molecular complexity index is 429. The zero-order valence-electron chi connectivity index (χ0n) is 11.4. The largest absolute Gasteiger partial charge is 0.506 e. The highest BCUT2D eigenvalue weighted by atomic mass is 35.5. The monoisotopic (exact) mass is 280 g/mol. The molecule has 0 aliphatic rings. The SMILES string of the molecule is CCCCN(CCC#N)CCc1ccc(O)c(Cl)c1. The van der Waals surface area contributed by atoms with Crippen LogP contribution in [0.15, 0.2) is 18.2 Å². The molecule has 3 nitrogen and oxygen atoms in total. The van der Waals surface area contributed by atoms with E-state index in [-0.39, 0.29) is 5.75 Å². The molecule has 1 rings (SSSR count). The first kappa shape index (κ1) is 15.8. The quantitative estimate of drug-likeness (QED) is 0.791. The van der Waals surface area contributed by atoms with Gasteiger partial charge in [0.15, 0.2) is 0 Å². The van der Waals surface area contributed by atoms with Gasteiger partial charge in [-0.05, 0) is 37.1 Å². The van der Waals surface area contributed by atoms with Crippen molar-refractivity contribution in [2.24, 2.45) is 0 Å². The van der Waals surface area contributed by atoms with E-state index in [0.717, 1.165) is 44.5 Å². The first-order valence-corrected chi connectivity index (χ1v) is 7.12. The number of hydrogen-bond donors (Lipinski definition) is 1. The van der Waals surface area contributed by atoms with Crippen molar-refractivity contribution < 1.29 is 5.11 Å². The topological polar surface area (TPSA) is 47.3 Å². The van der Waals surface area contributed by atoms with Gasteiger partial charge in [0.25, 0.3) is 0 Å². The molecule has 0 radical (unpaired) electrons. The van der Waals surface area contributed by atoms with Crippen molar-refractivity contribution in [1.29, 1.82) is 5.26 Å². The van der Waals surface area contributed by atoms with Crippen molar-refractivity contribution in [2.75, 3.05) is 19.6 Å². The number of unbranched alkanes of at least 4 members (excludes halogenated alkanes) is 1. The van der Waals surface area contributed by atoms with Crippen LogP contribution >= 0.6 is 11.6 Å². The fraction of sp³-hybridized carbons (Fsp3) is 0.533. The molecule has 0 aromatic heterocycles. The van der Waals surface area contributed by atoms with E-state index in [1.807, 2.05) is 6.07 Å². The number of benzene rings is 1. The Morgan fingerprint density at radius 3 is 2.74 bits per heavy atom. The first-order valence-electron chi connectivity index (χ1n) is 6.74. The second-order valence-corrected chi connectivity index (χ2v) is 5.05. The maximum atomic E-state index is 9.37. The van der Waals surface area contributed by atoms with Crippen LogP contribution in [0.1, 0.15) is 31.7 Å². The van der Waals surface area contributed by atoms with E-state index in [1.54, 1.807) is 12.1 Å². The third-order valence-electron chi connectivity index (χ3n) is 3.10. The van der Waals surface area contributed by atoms with E-state index < -0.39 is 0 Å². The minimum Gasteiger partial charge on any atom is -0.506 e. The molecule has 0 fully saturated rings. The zero-order chi connectivity index (χ0) is 14.1. The summed E-state index contributed by atoms with van der Waals surface area (Å²) < 4.78 is 0. The molecule has 0 amide bonds. The molecule has 0 saturated carbocycles. The highest BCUT2D eigenvalue weighted by molar-refractivity contribution is 6.32. The smallest absolute Gasteiger partial charge is 0.134 e. The molecule has 0 saturated heterocycles. The van der Waals surface area contributed by atoms with Crippen molar-refractivity contribution in [2.45, 2.75) is 32.6 Å². The minimum atomic E-state index is 0.123. The maximum absolute atomic E-state index is 9.37. The van der Waals surface area contributed by atoms with Gasteiger partial charge in [0.1, 0.15) is 5.75 Å². The van der Waals surface area contributed by atoms with Crippen molar-refractivity contribution in [3.05, 3.63) is 28.8 Å². The summed E-state index contributed by atoms with van der Waals surface area (Å²) in [5, 5.41) is 18.4. The first-order chi connectivity index (χ1) is 9.17. The summed E-state index contributed by atoms with van der Waals surface area (Å²) in [7, 11) is 0. The Kier molecular flexibility index (Phi) is 7.32. The van der Waals surface area contributed by atoms with Gasteiger partial charge in [-0.15, -0.1) is 0 Å². The standard InChI is InChI=1S/C15H21ClN2O/c1-2-3-9-18(10-4-8-17)11-7-13-5-6-15(19)14(16)12-13/h5-6,12,19H,2-4,7,9-11H2,1H3. The van der Waals surface area contributed by atoms with Crippen molar-refractivity contribution >= 4 is 11.6 Å². The number of nitrogens with zero attached hydrogens (tertiary/aromatic N) is 2. The number of nitriles is 1. The molecule has 1 N–H and O–H groups in total. The number of phenols is 1. The summed E-state index contributed by atoms with van der Waals surface area (Å²) in [5.74, 6) is 0.123. The van der Waals surface area contributed by atoms with Gasteiger partial charge in [-0.2, -0.15) is 5.26 Å². The molecule has 19 heavy (non-hydrogen) atoms. The van der Waals surface area contributed by atoms with Gasteiger partial charge in [0.05, 0.1) is 11.1 Å². The van der Waals surface area contributed by atoms with Crippen LogP contribution in [0.25, 0.3) is 0 Å².